The maximum absolute atomic E-state index is 12.3. The second-order valence-electron chi connectivity index (χ2n) is 6.10. The summed E-state index contributed by atoms with van der Waals surface area (Å²) in [6, 6.07) is 15.5. The fourth-order valence-corrected chi connectivity index (χ4v) is 2.66. The van der Waals surface area contributed by atoms with Crippen molar-refractivity contribution in [3.63, 3.8) is 0 Å². The van der Waals surface area contributed by atoms with E-state index in [-0.39, 0.29) is 5.91 Å². The summed E-state index contributed by atoms with van der Waals surface area (Å²) < 4.78 is 0. The molecule has 0 radical (unpaired) electrons. The molecule has 0 saturated heterocycles. The Kier molecular flexibility index (Phi) is 6.39. The topological polar surface area (TPSA) is 66.9 Å². The third-order valence-electron chi connectivity index (χ3n) is 4.14. The van der Waals surface area contributed by atoms with Crippen molar-refractivity contribution < 1.29 is 4.79 Å². The van der Waals surface area contributed by atoms with E-state index in [2.05, 4.69) is 27.5 Å². The molecule has 0 unspecified atom stereocenters. The fourth-order valence-electron chi connectivity index (χ4n) is 2.53. The highest BCUT2D eigenvalue weighted by Crippen LogP contribution is 2.12. The predicted octanol–water partition coefficient (Wildman–Crippen LogP) is 4.60. The van der Waals surface area contributed by atoms with Gasteiger partial charge in [-0.05, 0) is 48.2 Å². The van der Waals surface area contributed by atoms with Crippen molar-refractivity contribution in [1.29, 1.82) is 0 Å². The summed E-state index contributed by atoms with van der Waals surface area (Å²) in [7, 11) is 0. The van der Waals surface area contributed by atoms with E-state index in [4.69, 9.17) is 11.6 Å². The van der Waals surface area contributed by atoms with Crippen LogP contribution >= 0.6 is 11.6 Å². The number of anilines is 2. The molecule has 0 bridgehead atoms. The number of nitrogens with one attached hydrogen (secondary N) is 2. The van der Waals surface area contributed by atoms with Gasteiger partial charge in [-0.15, -0.1) is 0 Å². The van der Waals surface area contributed by atoms with Crippen molar-refractivity contribution in [2.75, 3.05) is 17.2 Å². The van der Waals surface area contributed by atoms with Crippen LogP contribution in [-0.4, -0.2) is 22.4 Å². The van der Waals surface area contributed by atoms with Gasteiger partial charge >= 0.3 is 0 Å². The average molecular weight is 381 g/mol. The monoisotopic (exact) mass is 380 g/mol. The predicted molar refractivity (Wildman–Crippen MR) is 109 cm³/mol. The normalized spacial score (nSPS) is 10.4. The molecule has 0 aliphatic carbocycles. The number of hydrogen-bond acceptors (Lipinski definition) is 4. The van der Waals surface area contributed by atoms with Crippen LogP contribution in [0.25, 0.3) is 0 Å². The summed E-state index contributed by atoms with van der Waals surface area (Å²) >= 11 is 5.88. The number of carbonyl (C=O) groups excluding carboxylic acids is 1. The number of aryl methyl sites for hydroxylation is 1. The lowest BCUT2D eigenvalue weighted by Crippen LogP contribution is -2.14. The SMILES string of the molecule is CCc1ccc(NC(=O)c2cnc(NCCc3ccc(Cl)cc3)nc2)cc1. The van der Waals surface area contributed by atoms with Crippen LogP contribution in [0.1, 0.15) is 28.4 Å². The van der Waals surface area contributed by atoms with Gasteiger partial charge in [0.25, 0.3) is 5.91 Å². The number of benzene rings is 2. The number of amides is 1. The molecular weight excluding hydrogens is 360 g/mol. The van der Waals surface area contributed by atoms with E-state index in [1.54, 1.807) is 0 Å². The first-order chi connectivity index (χ1) is 13.1. The average Bonchev–Trinajstić information content (AvgIpc) is 2.70. The van der Waals surface area contributed by atoms with E-state index in [0.29, 0.717) is 18.1 Å². The van der Waals surface area contributed by atoms with Crippen molar-refractivity contribution in [3.05, 3.63) is 82.6 Å². The number of nitrogens with zero attached hydrogens (tertiary/aromatic N) is 2. The Morgan fingerprint density at radius 1 is 0.963 bits per heavy atom. The van der Waals surface area contributed by atoms with Gasteiger partial charge in [0.2, 0.25) is 5.95 Å². The van der Waals surface area contributed by atoms with Crippen LogP contribution < -0.4 is 10.6 Å². The van der Waals surface area contributed by atoms with Crippen molar-refractivity contribution in [2.45, 2.75) is 19.8 Å². The van der Waals surface area contributed by atoms with Crippen molar-refractivity contribution in [3.8, 4) is 0 Å². The van der Waals surface area contributed by atoms with Gasteiger partial charge in [0, 0.05) is 29.6 Å². The molecule has 0 fully saturated rings. The molecule has 0 saturated carbocycles. The molecule has 0 spiro atoms. The molecule has 138 valence electrons. The third-order valence-corrected chi connectivity index (χ3v) is 4.40. The van der Waals surface area contributed by atoms with E-state index >= 15 is 0 Å². The molecule has 0 aliphatic heterocycles. The molecule has 6 heteroatoms. The van der Waals surface area contributed by atoms with E-state index in [0.717, 1.165) is 23.6 Å². The molecule has 5 nitrogen and oxygen atoms in total. The Bertz CT molecular complexity index is 878. The van der Waals surface area contributed by atoms with Gasteiger partial charge in [-0.3, -0.25) is 4.79 Å². The Labute approximate surface area is 163 Å². The standard InChI is InChI=1S/C21H21ClN4O/c1-2-15-5-9-19(10-6-15)26-20(27)17-13-24-21(25-14-17)23-12-11-16-3-7-18(22)8-4-16/h3-10,13-14H,2,11-12H2,1H3,(H,26,27)(H,23,24,25). The molecule has 0 aliphatic rings. The zero-order valence-corrected chi connectivity index (χ0v) is 15.8. The van der Waals surface area contributed by atoms with Crippen LogP contribution in [0.2, 0.25) is 5.02 Å². The number of hydrogen-bond donors (Lipinski definition) is 2. The summed E-state index contributed by atoms with van der Waals surface area (Å²) in [6.45, 7) is 2.78. The van der Waals surface area contributed by atoms with Gasteiger partial charge in [-0.2, -0.15) is 0 Å². The van der Waals surface area contributed by atoms with Crippen molar-refractivity contribution in [2.24, 2.45) is 0 Å². The molecule has 2 aromatic carbocycles. The molecular formula is C21H21ClN4O. The summed E-state index contributed by atoms with van der Waals surface area (Å²) in [5.41, 5.74) is 3.57. The summed E-state index contributed by atoms with van der Waals surface area (Å²) in [6.07, 6.45) is 4.84. The lowest BCUT2D eigenvalue weighted by Gasteiger charge is -2.07. The van der Waals surface area contributed by atoms with Crippen LogP contribution in [-0.2, 0) is 12.8 Å². The molecule has 1 heterocycles. The zero-order chi connectivity index (χ0) is 19.1. The zero-order valence-electron chi connectivity index (χ0n) is 15.1. The van der Waals surface area contributed by atoms with Crippen LogP contribution in [0.15, 0.2) is 60.9 Å². The minimum Gasteiger partial charge on any atom is -0.354 e. The van der Waals surface area contributed by atoms with Gasteiger partial charge in [-0.1, -0.05) is 42.8 Å². The third kappa shape index (κ3) is 5.53. The first-order valence-electron chi connectivity index (χ1n) is 8.84. The van der Waals surface area contributed by atoms with Crippen LogP contribution in [0.4, 0.5) is 11.6 Å². The Morgan fingerprint density at radius 2 is 1.59 bits per heavy atom. The van der Waals surface area contributed by atoms with Gasteiger partial charge in [-0.25, -0.2) is 9.97 Å². The lowest BCUT2D eigenvalue weighted by atomic mass is 10.1. The van der Waals surface area contributed by atoms with Gasteiger partial charge in [0.15, 0.2) is 0 Å². The highest BCUT2D eigenvalue weighted by molar-refractivity contribution is 6.30. The van der Waals surface area contributed by atoms with Crippen molar-refractivity contribution in [1.82, 2.24) is 9.97 Å². The highest BCUT2D eigenvalue weighted by Gasteiger charge is 2.08. The fraction of sp³-hybridized carbons (Fsp3) is 0.190. The molecule has 0 atom stereocenters. The first kappa shape index (κ1) is 18.9. The van der Waals surface area contributed by atoms with E-state index in [9.17, 15) is 4.79 Å². The van der Waals surface area contributed by atoms with Gasteiger partial charge in [0.05, 0.1) is 5.56 Å². The van der Waals surface area contributed by atoms with Crippen molar-refractivity contribution >= 4 is 29.1 Å². The second kappa shape index (κ2) is 9.14. The van der Waals surface area contributed by atoms with E-state index in [1.807, 2.05) is 48.5 Å². The quantitative estimate of drug-likeness (QED) is 0.628. The second-order valence-corrected chi connectivity index (χ2v) is 6.54. The number of rotatable bonds is 7. The Balaban J connectivity index is 1.51. The molecule has 1 amide bonds. The Morgan fingerprint density at radius 3 is 2.22 bits per heavy atom. The maximum atomic E-state index is 12.3. The molecule has 2 N–H and O–H groups in total. The van der Waals surface area contributed by atoms with Gasteiger partial charge < -0.3 is 10.6 Å². The number of aromatic nitrogens is 2. The maximum Gasteiger partial charge on any atom is 0.258 e. The summed E-state index contributed by atoms with van der Waals surface area (Å²) in [4.78, 5) is 20.7. The van der Waals surface area contributed by atoms with Crippen LogP contribution in [0, 0.1) is 0 Å². The van der Waals surface area contributed by atoms with Crippen LogP contribution in [0.5, 0.6) is 0 Å². The molecule has 27 heavy (non-hydrogen) atoms. The molecule has 1 aromatic heterocycles. The molecule has 3 rings (SSSR count). The lowest BCUT2D eigenvalue weighted by molar-refractivity contribution is 0.102. The molecule has 3 aromatic rings. The minimum atomic E-state index is -0.230. The summed E-state index contributed by atoms with van der Waals surface area (Å²) in [5.74, 6) is 0.264. The summed E-state index contributed by atoms with van der Waals surface area (Å²) in [5, 5.41) is 6.72. The largest absolute Gasteiger partial charge is 0.354 e. The van der Waals surface area contributed by atoms with E-state index in [1.165, 1.54) is 23.5 Å². The minimum absolute atomic E-state index is 0.230. The first-order valence-corrected chi connectivity index (χ1v) is 9.22. The smallest absolute Gasteiger partial charge is 0.258 e. The number of halogens is 1. The highest BCUT2D eigenvalue weighted by atomic mass is 35.5. The van der Waals surface area contributed by atoms with E-state index < -0.39 is 0 Å². The van der Waals surface area contributed by atoms with Gasteiger partial charge in [0.1, 0.15) is 0 Å². The van der Waals surface area contributed by atoms with Crippen LogP contribution in [0.3, 0.4) is 0 Å². The number of carbonyl (C=O) groups is 1. The Hall–Kier alpha value is -2.92.